The first kappa shape index (κ1) is 12.0. The highest BCUT2D eigenvalue weighted by atomic mass is 79.9. The minimum absolute atomic E-state index is 0.0351. The van der Waals surface area contributed by atoms with Crippen LogP contribution in [0.1, 0.15) is 10.6 Å². The van der Waals surface area contributed by atoms with Crippen molar-refractivity contribution in [2.45, 2.75) is 22.8 Å². The number of rotatable bonds is 3. The monoisotopic (exact) mass is 316 g/mol. The molecule has 0 radical (unpaired) electrons. The van der Waals surface area contributed by atoms with Gasteiger partial charge in [0.1, 0.15) is 5.01 Å². The molecule has 2 aromatic rings. The minimum atomic E-state index is 0.0351. The summed E-state index contributed by atoms with van der Waals surface area (Å²) in [6.07, 6.45) is 0. The molecule has 0 aliphatic rings. The Morgan fingerprint density at radius 2 is 2.25 bits per heavy atom. The Morgan fingerprint density at radius 3 is 2.88 bits per heavy atom. The highest BCUT2D eigenvalue weighted by Crippen LogP contribution is 2.34. The number of aryl methyl sites for hydroxylation is 1. The van der Waals surface area contributed by atoms with Crippen molar-refractivity contribution in [1.29, 1.82) is 0 Å². The van der Waals surface area contributed by atoms with Crippen molar-refractivity contribution in [2.24, 2.45) is 0 Å². The lowest BCUT2D eigenvalue weighted by Gasteiger charge is -2.04. The van der Waals surface area contributed by atoms with Crippen molar-refractivity contribution in [3.63, 3.8) is 0 Å². The molecule has 1 aromatic carbocycles. The second-order valence-electron chi connectivity index (χ2n) is 3.10. The number of halogens is 1. The SMILES string of the molecule is Cc1nnc(Sc2cc(Br)ccc2CO)s1. The maximum absolute atomic E-state index is 9.23. The highest BCUT2D eigenvalue weighted by molar-refractivity contribution is 9.10. The van der Waals surface area contributed by atoms with E-state index in [4.69, 9.17) is 0 Å². The van der Waals surface area contributed by atoms with Crippen LogP contribution in [0.3, 0.4) is 0 Å². The summed E-state index contributed by atoms with van der Waals surface area (Å²) in [6.45, 7) is 1.96. The van der Waals surface area contributed by atoms with Crippen LogP contribution in [-0.2, 0) is 6.61 Å². The number of aliphatic hydroxyl groups excluding tert-OH is 1. The molecule has 0 spiro atoms. The Morgan fingerprint density at radius 1 is 1.44 bits per heavy atom. The van der Waals surface area contributed by atoms with E-state index in [0.29, 0.717) is 0 Å². The molecule has 0 aliphatic heterocycles. The van der Waals surface area contributed by atoms with Crippen LogP contribution in [0, 0.1) is 6.92 Å². The molecule has 84 valence electrons. The van der Waals surface area contributed by atoms with Crippen LogP contribution in [0.25, 0.3) is 0 Å². The van der Waals surface area contributed by atoms with Gasteiger partial charge in [-0.2, -0.15) is 0 Å². The van der Waals surface area contributed by atoms with Gasteiger partial charge in [0.2, 0.25) is 0 Å². The maximum Gasteiger partial charge on any atom is 0.179 e. The molecule has 0 saturated heterocycles. The first-order valence-corrected chi connectivity index (χ1v) is 6.99. The summed E-state index contributed by atoms with van der Waals surface area (Å²) in [5.74, 6) is 0. The van der Waals surface area contributed by atoms with Crippen molar-refractivity contribution >= 4 is 39.0 Å². The molecule has 1 aromatic heterocycles. The summed E-state index contributed by atoms with van der Waals surface area (Å²) < 4.78 is 1.89. The summed E-state index contributed by atoms with van der Waals surface area (Å²) in [6, 6.07) is 5.80. The third-order valence-corrected chi connectivity index (χ3v) is 4.39. The molecule has 6 heteroatoms. The van der Waals surface area contributed by atoms with Crippen LogP contribution < -0.4 is 0 Å². The number of aliphatic hydroxyl groups is 1. The van der Waals surface area contributed by atoms with Gasteiger partial charge in [-0.1, -0.05) is 45.1 Å². The van der Waals surface area contributed by atoms with Gasteiger partial charge in [0, 0.05) is 9.37 Å². The van der Waals surface area contributed by atoms with Gasteiger partial charge in [-0.15, -0.1) is 10.2 Å². The average molecular weight is 317 g/mol. The lowest BCUT2D eigenvalue weighted by Crippen LogP contribution is -1.87. The summed E-state index contributed by atoms with van der Waals surface area (Å²) in [5, 5.41) is 18.2. The molecule has 0 saturated carbocycles. The van der Waals surface area contributed by atoms with E-state index < -0.39 is 0 Å². The molecule has 0 atom stereocenters. The standard InChI is InChI=1S/C10H9BrN2OS2/c1-6-12-13-10(15-6)16-9-4-8(11)3-2-7(9)5-14/h2-4,14H,5H2,1H3. The fourth-order valence-electron chi connectivity index (χ4n) is 1.17. The average Bonchev–Trinajstić information content (AvgIpc) is 2.64. The van der Waals surface area contributed by atoms with Crippen molar-refractivity contribution in [1.82, 2.24) is 10.2 Å². The molecule has 3 nitrogen and oxygen atoms in total. The van der Waals surface area contributed by atoms with E-state index in [1.807, 2.05) is 25.1 Å². The summed E-state index contributed by atoms with van der Waals surface area (Å²) in [7, 11) is 0. The van der Waals surface area contributed by atoms with Crippen LogP contribution in [0.15, 0.2) is 31.9 Å². The topological polar surface area (TPSA) is 46.0 Å². The normalized spacial score (nSPS) is 10.7. The fourth-order valence-corrected chi connectivity index (χ4v) is 3.61. The Bertz CT molecular complexity index is 501. The molecule has 16 heavy (non-hydrogen) atoms. The number of hydrogen-bond donors (Lipinski definition) is 1. The molecule has 0 bridgehead atoms. The molecule has 0 aliphatic carbocycles. The fraction of sp³-hybridized carbons (Fsp3) is 0.200. The van der Waals surface area contributed by atoms with Gasteiger partial charge in [0.25, 0.3) is 0 Å². The molecule has 0 amide bonds. The summed E-state index contributed by atoms with van der Waals surface area (Å²) in [4.78, 5) is 1.01. The number of aromatic nitrogens is 2. The summed E-state index contributed by atoms with van der Waals surface area (Å²) >= 11 is 6.50. The van der Waals surface area contributed by atoms with Gasteiger partial charge in [-0.3, -0.25) is 0 Å². The Kier molecular flexibility index (Phi) is 3.96. The first-order valence-electron chi connectivity index (χ1n) is 4.56. The van der Waals surface area contributed by atoms with E-state index in [0.717, 1.165) is 24.3 Å². The molecule has 2 rings (SSSR count). The van der Waals surface area contributed by atoms with Crippen molar-refractivity contribution in [2.75, 3.05) is 0 Å². The second kappa shape index (κ2) is 5.27. The first-order chi connectivity index (χ1) is 7.69. The largest absolute Gasteiger partial charge is 0.392 e. The highest BCUT2D eigenvalue weighted by Gasteiger charge is 2.08. The molecule has 0 unspecified atom stereocenters. The predicted octanol–water partition coefficient (Wildman–Crippen LogP) is 3.25. The van der Waals surface area contributed by atoms with E-state index in [1.165, 1.54) is 11.8 Å². The van der Waals surface area contributed by atoms with Crippen LogP contribution in [0.2, 0.25) is 0 Å². The number of nitrogens with zero attached hydrogens (tertiary/aromatic N) is 2. The van der Waals surface area contributed by atoms with E-state index in [2.05, 4.69) is 26.1 Å². The van der Waals surface area contributed by atoms with E-state index >= 15 is 0 Å². The maximum atomic E-state index is 9.23. The molecule has 1 N–H and O–H groups in total. The van der Waals surface area contributed by atoms with Gasteiger partial charge in [0.05, 0.1) is 6.61 Å². The minimum Gasteiger partial charge on any atom is -0.392 e. The smallest absolute Gasteiger partial charge is 0.179 e. The second-order valence-corrected chi connectivity index (χ2v) is 6.49. The lowest BCUT2D eigenvalue weighted by molar-refractivity contribution is 0.279. The molecule has 1 heterocycles. The van der Waals surface area contributed by atoms with Gasteiger partial charge in [-0.05, 0) is 24.6 Å². The quantitative estimate of drug-likeness (QED) is 0.944. The Labute approximate surface area is 110 Å². The van der Waals surface area contributed by atoms with E-state index in [-0.39, 0.29) is 6.61 Å². The lowest BCUT2D eigenvalue weighted by atomic mass is 10.2. The van der Waals surface area contributed by atoms with Gasteiger partial charge in [0.15, 0.2) is 4.34 Å². The predicted molar refractivity (Wildman–Crippen MR) is 68.8 cm³/mol. The molecule has 0 fully saturated rings. The van der Waals surface area contributed by atoms with Crippen LogP contribution in [-0.4, -0.2) is 15.3 Å². The molecular weight excluding hydrogens is 308 g/mol. The third-order valence-electron chi connectivity index (χ3n) is 1.90. The van der Waals surface area contributed by atoms with Crippen molar-refractivity contribution in [3.8, 4) is 0 Å². The zero-order valence-corrected chi connectivity index (χ0v) is 11.7. The van der Waals surface area contributed by atoms with Crippen molar-refractivity contribution in [3.05, 3.63) is 33.2 Å². The van der Waals surface area contributed by atoms with E-state index in [1.54, 1.807) is 11.3 Å². The van der Waals surface area contributed by atoms with Crippen LogP contribution >= 0.6 is 39.0 Å². The van der Waals surface area contributed by atoms with Crippen LogP contribution in [0.4, 0.5) is 0 Å². The zero-order chi connectivity index (χ0) is 11.5. The third kappa shape index (κ3) is 2.82. The number of benzene rings is 1. The van der Waals surface area contributed by atoms with E-state index in [9.17, 15) is 5.11 Å². The van der Waals surface area contributed by atoms with Gasteiger partial charge >= 0.3 is 0 Å². The Balaban J connectivity index is 2.29. The van der Waals surface area contributed by atoms with Gasteiger partial charge in [-0.25, -0.2) is 0 Å². The van der Waals surface area contributed by atoms with Gasteiger partial charge < -0.3 is 5.11 Å². The number of hydrogen-bond acceptors (Lipinski definition) is 5. The Hall–Kier alpha value is -0.430. The summed E-state index contributed by atoms with van der Waals surface area (Å²) in [5.41, 5.74) is 0.904. The van der Waals surface area contributed by atoms with Crippen molar-refractivity contribution < 1.29 is 5.11 Å². The zero-order valence-electron chi connectivity index (χ0n) is 8.48. The van der Waals surface area contributed by atoms with Crippen LogP contribution in [0.5, 0.6) is 0 Å². The molecular formula is C10H9BrN2OS2.